The molecular weight excluding hydrogens is 360 g/mol. The molecule has 0 aliphatic carbocycles. The van der Waals surface area contributed by atoms with Crippen molar-refractivity contribution < 1.29 is 19.8 Å². The number of hydrogen-bond donors (Lipinski definition) is 4. The van der Waals surface area contributed by atoms with E-state index in [0.29, 0.717) is 65.0 Å². The van der Waals surface area contributed by atoms with Crippen LogP contribution in [0.2, 0.25) is 0 Å². The Morgan fingerprint density at radius 3 is 1.39 bits per heavy atom. The molecule has 0 aliphatic rings. The first-order valence-corrected chi connectivity index (χ1v) is 9.80. The fourth-order valence-corrected chi connectivity index (χ4v) is 2.86. The molecule has 0 aliphatic heterocycles. The molecule has 28 heavy (non-hydrogen) atoms. The predicted octanol–water partition coefficient (Wildman–Crippen LogP) is -0.194. The second-order valence-corrected chi connectivity index (χ2v) is 6.68. The second-order valence-electron chi connectivity index (χ2n) is 6.68. The summed E-state index contributed by atoms with van der Waals surface area (Å²) in [5, 5.41) is 17.8. The molecule has 0 radical (unpaired) electrons. The van der Waals surface area contributed by atoms with E-state index >= 15 is 0 Å². The molecule has 2 amide bonds. The zero-order valence-electron chi connectivity index (χ0n) is 16.6. The number of carbonyl (C=O) groups excluding carboxylic acids is 2. The lowest BCUT2D eigenvalue weighted by atomic mass is 10.1. The number of amides is 2. The lowest BCUT2D eigenvalue weighted by Crippen LogP contribution is -2.35. The maximum atomic E-state index is 12.2. The molecule has 0 saturated carbocycles. The summed E-state index contributed by atoms with van der Waals surface area (Å²) in [6, 6.07) is 7.77. The van der Waals surface area contributed by atoms with Crippen LogP contribution in [0, 0.1) is 0 Å². The number of benzene rings is 1. The predicted molar refractivity (Wildman–Crippen MR) is 108 cm³/mol. The van der Waals surface area contributed by atoms with Crippen molar-refractivity contribution in [3.8, 4) is 0 Å². The average molecular weight is 395 g/mol. The summed E-state index contributed by atoms with van der Waals surface area (Å²) in [6.07, 6.45) is 1.50. The lowest BCUT2D eigenvalue weighted by Gasteiger charge is -2.23. The van der Waals surface area contributed by atoms with Gasteiger partial charge in [0, 0.05) is 65.3 Å². The van der Waals surface area contributed by atoms with Crippen LogP contribution in [-0.2, 0) is 22.7 Å². The average Bonchev–Trinajstić information content (AvgIpc) is 2.70. The van der Waals surface area contributed by atoms with Gasteiger partial charge in [-0.25, -0.2) is 0 Å². The number of aliphatic hydroxyl groups excluding tert-OH is 2. The molecule has 158 valence electrons. The van der Waals surface area contributed by atoms with Gasteiger partial charge in [0.05, 0.1) is 0 Å². The van der Waals surface area contributed by atoms with E-state index in [1.807, 2.05) is 24.3 Å². The number of nitrogens with zero attached hydrogens (tertiary/aromatic N) is 2. The van der Waals surface area contributed by atoms with E-state index in [1.54, 1.807) is 9.80 Å². The van der Waals surface area contributed by atoms with Crippen LogP contribution in [0.1, 0.15) is 36.8 Å². The molecule has 8 heteroatoms. The van der Waals surface area contributed by atoms with Crippen LogP contribution >= 0.6 is 0 Å². The van der Waals surface area contributed by atoms with Crippen LogP contribution in [0.3, 0.4) is 0 Å². The standard InChI is InChI=1S/C20H34N4O4/c21-9-11-23(19(27)3-1-13-25)15-17-5-7-18(8-6-17)16-24(12-10-22)20(28)4-2-14-26/h5-8,25-26H,1-4,9-16,21-22H2. The van der Waals surface area contributed by atoms with E-state index in [2.05, 4.69) is 0 Å². The summed E-state index contributed by atoms with van der Waals surface area (Å²) in [6.45, 7) is 2.61. The third kappa shape index (κ3) is 8.79. The highest BCUT2D eigenvalue weighted by molar-refractivity contribution is 5.76. The molecule has 8 nitrogen and oxygen atoms in total. The van der Waals surface area contributed by atoms with E-state index in [0.717, 1.165) is 11.1 Å². The Labute approximate surface area is 167 Å². The number of carbonyl (C=O) groups is 2. The van der Waals surface area contributed by atoms with Crippen LogP contribution in [0.25, 0.3) is 0 Å². The summed E-state index contributed by atoms with van der Waals surface area (Å²) >= 11 is 0. The van der Waals surface area contributed by atoms with Crippen molar-refractivity contribution in [2.75, 3.05) is 39.4 Å². The molecule has 6 N–H and O–H groups in total. The zero-order valence-corrected chi connectivity index (χ0v) is 16.6. The number of nitrogens with two attached hydrogens (primary N) is 2. The first kappa shape index (κ1) is 24.0. The number of aliphatic hydroxyl groups is 2. The van der Waals surface area contributed by atoms with E-state index in [-0.39, 0.29) is 25.0 Å². The molecule has 0 bridgehead atoms. The number of hydrogen-bond acceptors (Lipinski definition) is 6. The van der Waals surface area contributed by atoms with Gasteiger partial charge in [-0.1, -0.05) is 24.3 Å². The molecule has 0 spiro atoms. The van der Waals surface area contributed by atoms with Gasteiger partial charge >= 0.3 is 0 Å². The van der Waals surface area contributed by atoms with E-state index < -0.39 is 0 Å². The summed E-state index contributed by atoms with van der Waals surface area (Å²) < 4.78 is 0. The van der Waals surface area contributed by atoms with Gasteiger partial charge < -0.3 is 31.5 Å². The molecule has 0 atom stereocenters. The zero-order chi connectivity index (χ0) is 20.8. The van der Waals surface area contributed by atoms with Gasteiger partial charge in [0.25, 0.3) is 0 Å². The Kier molecular flexibility index (Phi) is 12.1. The minimum atomic E-state index is -0.0211. The van der Waals surface area contributed by atoms with Crippen molar-refractivity contribution in [3.05, 3.63) is 35.4 Å². The van der Waals surface area contributed by atoms with Crippen molar-refractivity contribution in [2.45, 2.75) is 38.8 Å². The van der Waals surface area contributed by atoms with Crippen molar-refractivity contribution >= 4 is 11.8 Å². The molecule has 0 fully saturated rings. The smallest absolute Gasteiger partial charge is 0.222 e. The van der Waals surface area contributed by atoms with Crippen molar-refractivity contribution in [3.63, 3.8) is 0 Å². The molecule has 0 heterocycles. The largest absolute Gasteiger partial charge is 0.396 e. The van der Waals surface area contributed by atoms with Crippen molar-refractivity contribution in [1.29, 1.82) is 0 Å². The molecule has 0 unspecified atom stereocenters. The Balaban J connectivity index is 2.71. The van der Waals surface area contributed by atoms with E-state index in [1.165, 1.54) is 0 Å². The fraction of sp³-hybridized carbons (Fsp3) is 0.600. The van der Waals surface area contributed by atoms with Gasteiger partial charge in [0.2, 0.25) is 11.8 Å². The van der Waals surface area contributed by atoms with Crippen molar-refractivity contribution in [2.24, 2.45) is 11.5 Å². The van der Waals surface area contributed by atoms with Crippen LogP contribution in [0.15, 0.2) is 24.3 Å². The van der Waals surface area contributed by atoms with Crippen LogP contribution < -0.4 is 11.5 Å². The first-order chi connectivity index (χ1) is 13.5. The Bertz CT molecular complexity index is 529. The second kappa shape index (κ2) is 14.1. The van der Waals surface area contributed by atoms with Crippen molar-refractivity contribution in [1.82, 2.24) is 9.80 Å². The highest BCUT2D eigenvalue weighted by Crippen LogP contribution is 2.12. The maximum Gasteiger partial charge on any atom is 0.222 e. The molecule has 0 aromatic heterocycles. The quantitative estimate of drug-likeness (QED) is 0.346. The third-order valence-corrected chi connectivity index (χ3v) is 4.37. The van der Waals surface area contributed by atoms with Gasteiger partial charge in [-0.3, -0.25) is 9.59 Å². The molecule has 1 aromatic carbocycles. The van der Waals surface area contributed by atoms with Gasteiger partial charge in [-0.05, 0) is 24.0 Å². The summed E-state index contributed by atoms with van der Waals surface area (Å²) in [7, 11) is 0. The molecule has 1 rings (SSSR count). The van der Waals surface area contributed by atoms with Gasteiger partial charge in [0.15, 0.2) is 0 Å². The Morgan fingerprint density at radius 1 is 0.750 bits per heavy atom. The minimum absolute atomic E-state index is 0.00672. The highest BCUT2D eigenvalue weighted by Gasteiger charge is 2.15. The SMILES string of the molecule is NCCN(Cc1ccc(CN(CCN)C(=O)CCCO)cc1)C(=O)CCCO. The molecule has 0 saturated heterocycles. The van der Waals surface area contributed by atoms with Crippen LogP contribution in [-0.4, -0.2) is 71.2 Å². The topological polar surface area (TPSA) is 133 Å². The monoisotopic (exact) mass is 394 g/mol. The minimum Gasteiger partial charge on any atom is -0.396 e. The first-order valence-electron chi connectivity index (χ1n) is 9.80. The van der Waals surface area contributed by atoms with Gasteiger partial charge in [-0.15, -0.1) is 0 Å². The normalized spacial score (nSPS) is 10.7. The van der Waals surface area contributed by atoms with Gasteiger partial charge in [0.1, 0.15) is 0 Å². The summed E-state index contributed by atoms with van der Waals surface area (Å²) in [4.78, 5) is 27.9. The summed E-state index contributed by atoms with van der Waals surface area (Å²) in [5.41, 5.74) is 13.2. The lowest BCUT2D eigenvalue weighted by molar-refractivity contribution is -0.132. The van der Waals surface area contributed by atoms with Gasteiger partial charge in [-0.2, -0.15) is 0 Å². The summed E-state index contributed by atoms with van der Waals surface area (Å²) in [5.74, 6) is -0.0423. The Morgan fingerprint density at radius 2 is 1.11 bits per heavy atom. The third-order valence-electron chi connectivity index (χ3n) is 4.37. The molecule has 1 aromatic rings. The van der Waals surface area contributed by atoms with Crippen LogP contribution in [0.4, 0.5) is 0 Å². The number of rotatable bonds is 14. The van der Waals surface area contributed by atoms with Crippen LogP contribution in [0.5, 0.6) is 0 Å². The van der Waals surface area contributed by atoms with E-state index in [4.69, 9.17) is 21.7 Å². The Hall–Kier alpha value is -2.00. The van der Waals surface area contributed by atoms with E-state index in [9.17, 15) is 9.59 Å². The molecular formula is C20H34N4O4. The maximum absolute atomic E-state index is 12.2. The fourth-order valence-electron chi connectivity index (χ4n) is 2.86. The highest BCUT2D eigenvalue weighted by atomic mass is 16.3.